The monoisotopic (exact) mass is 254 g/mol. The number of carbonyl (C=O) groups is 1. The van der Waals surface area contributed by atoms with Crippen molar-refractivity contribution in [3.63, 3.8) is 0 Å². The normalized spacial score (nSPS) is 41.1. The van der Waals surface area contributed by atoms with Gasteiger partial charge in [-0.05, 0) is 38.0 Å². The van der Waals surface area contributed by atoms with Gasteiger partial charge < -0.3 is 14.2 Å². The average molecular weight is 254 g/mol. The van der Waals surface area contributed by atoms with Gasteiger partial charge in [0.1, 0.15) is 0 Å². The molecule has 4 heteroatoms. The van der Waals surface area contributed by atoms with Gasteiger partial charge in [0.2, 0.25) is 0 Å². The van der Waals surface area contributed by atoms with E-state index in [9.17, 15) is 4.79 Å². The van der Waals surface area contributed by atoms with Crippen LogP contribution < -0.4 is 0 Å². The number of fused-ring (bicyclic) bond motifs is 1. The Morgan fingerprint density at radius 1 is 1.22 bits per heavy atom. The van der Waals surface area contributed by atoms with Crippen molar-refractivity contribution in [2.45, 2.75) is 69.9 Å². The van der Waals surface area contributed by atoms with Crippen LogP contribution in [0.3, 0.4) is 0 Å². The van der Waals surface area contributed by atoms with E-state index in [0.29, 0.717) is 43.4 Å². The Balaban J connectivity index is 1.27. The highest BCUT2D eigenvalue weighted by Gasteiger charge is 2.44. The molecule has 3 fully saturated rings. The van der Waals surface area contributed by atoms with Crippen LogP contribution in [0.15, 0.2) is 0 Å². The summed E-state index contributed by atoms with van der Waals surface area (Å²) < 4.78 is 16.2. The summed E-state index contributed by atoms with van der Waals surface area (Å²) in [6.07, 6.45) is 7.39. The molecule has 0 bridgehead atoms. The zero-order chi connectivity index (χ0) is 12.5. The van der Waals surface area contributed by atoms with Gasteiger partial charge in [0.15, 0.2) is 0 Å². The summed E-state index contributed by atoms with van der Waals surface area (Å²) in [4.78, 5) is 11.6. The van der Waals surface area contributed by atoms with E-state index in [2.05, 4.69) is 6.92 Å². The van der Waals surface area contributed by atoms with E-state index in [1.54, 1.807) is 0 Å². The van der Waals surface area contributed by atoms with Gasteiger partial charge in [0, 0.05) is 6.42 Å². The summed E-state index contributed by atoms with van der Waals surface area (Å²) in [5.41, 5.74) is 0. The number of ether oxygens (including phenoxy) is 3. The Morgan fingerprint density at radius 2 is 2.11 bits per heavy atom. The minimum absolute atomic E-state index is 0.0702. The SMILES string of the molecule is CCC1OC1CCC(=O)OCC1CCC2OC2C1. The Bertz CT molecular complexity index is 317. The second-order valence-electron chi connectivity index (χ2n) is 5.73. The van der Waals surface area contributed by atoms with Crippen LogP contribution in [0.25, 0.3) is 0 Å². The Hall–Kier alpha value is -0.610. The van der Waals surface area contributed by atoms with Gasteiger partial charge in [0.05, 0.1) is 31.0 Å². The molecule has 3 rings (SSSR count). The number of carbonyl (C=O) groups excluding carboxylic acids is 1. The first-order valence-corrected chi connectivity index (χ1v) is 7.22. The molecule has 1 saturated carbocycles. The molecule has 2 heterocycles. The number of epoxide rings is 2. The largest absolute Gasteiger partial charge is 0.465 e. The van der Waals surface area contributed by atoms with Gasteiger partial charge in [-0.25, -0.2) is 0 Å². The minimum Gasteiger partial charge on any atom is -0.465 e. The number of hydrogen-bond donors (Lipinski definition) is 0. The summed E-state index contributed by atoms with van der Waals surface area (Å²) >= 11 is 0. The summed E-state index contributed by atoms with van der Waals surface area (Å²) in [5.74, 6) is 0.442. The maximum Gasteiger partial charge on any atom is 0.305 e. The molecule has 2 aliphatic heterocycles. The fourth-order valence-corrected chi connectivity index (χ4v) is 2.97. The predicted octanol–water partition coefficient (Wildman–Crippen LogP) is 2.05. The lowest BCUT2D eigenvalue weighted by Crippen LogP contribution is -2.20. The van der Waals surface area contributed by atoms with Crippen LogP contribution in [0, 0.1) is 5.92 Å². The van der Waals surface area contributed by atoms with E-state index in [-0.39, 0.29) is 5.97 Å². The zero-order valence-electron chi connectivity index (χ0n) is 11.0. The second-order valence-corrected chi connectivity index (χ2v) is 5.73. The summed E-state index contributed by atoms with van der Waals surface area (Å²) in [5, 5.41) is 0. The second kappa shape index (κ2) is 5.17. The molecule has 0 radical (unpaired) electrons. The van der Waals surface area contributed by atoms with Crippen LogP contribution in [0.5, 0.6) is 0 Å². The Morgan fingerprint density at radius 3 is 2.83 bits per heavy atom. The van der Waals surface area contributed by atoms with Crippen molar-refractivity contribution >= 4 is 5.97 Å². The van der Waals surface area contributed by atoms with Crippen LogP contribution in [0.1, 0.15) is 45.4 Å². The van der Waals surface area contributed by atoms with Gasteiger partial charge in [-0.15, -0.1) is 0 Å². The molecule has 2 saturated heterocycles. The standard InChI is InChI=1S/C14H22O4/c1-2-10-11(17-10)5-6-14(15)16-8-9-3-4-12-13(7-9)18-12/h9-13H,2-8H2,1H3. The minimum atomic E-state index is -0.0702. The summed E-state index contributed by atoms with van der Waals surface area (Å²) in [6.45, 7) is 2.69. The molecule has 0 amide bonds. The lowest BCUT2D eigenvalue weighted by Gasteiger charge is -2.18. The van der Waals surface area contributed by atoms with Crippen molar-refractivity contribution in [1.82, 2.24) is 0 Å². The van der Waals surface area contributed by atoms with E-state index in [0.717, 1.165) is 32.1 Å². The van der Waals surface area contributed by atoms with Crippen LogP contribution >= 0.6 is 0 Å². The third-order valence-corrected chi connectivity index (χ3v) is 4.32. The fraction of sp³-hybridized carbons (Fsp3) is 0.929. The first-order valence-electron chi connectivity index (χ1n) is 7.22. The summed E-state index contributed by atoms with van der Waals surface area (Å²) in [7, 11) is 0. The van der Waals surface area contributed by atoms with E-state index in [1.165, 1.54) is 0 Å². The van der Waals surface area contributed by atoms with Crippen molar-refractivity contribution in [2.75, 3.05) is 6.61 Å². The third-order valence-electron chi connectivity index (χ3n) is 4.32. The van der Waals surface area contributed by atoms with Gasteiger partial charge in [-0.2, -0.15) is 0 Å². The lowest BCUT2D eigenvalue weighted by atomic mass is 9.90. The fourth-order valence-electron chi connectivity index (χ4n) is 2.97. The molecule has 5 atom stereocenters. The van der Waals surface area contributed by atoms with Gasteiger partial charge in [-0.3, -0.25) is 4.79 Å². The quantitative estimate of drug-likeness (QED) is 0.538. The molecule has 4 nitrogen and oxygen atoms in total. The van der Waals surface area contributed by atoms with Crippen molar-refractivity contribution in [3.05, 3.63) is 0 Å². The molecule has 0 aromatic heterocycles. The Labute approximate surface area is 108 Å². The third kappa shape index (κ3) is 3.04. The molecule has 3 aliphatic rings. The lowest BCUT2D eigenvalue weighted by molar-refractivity contribution is -0.145. The van der Waals surface area contributed by atoms with Gasteiger partial charge in [-0.1, -0.05) is 6.92 Å². The number of rotatable bonds is 6. The van der Waals surface area contributed by atoms with Gasteiger partial charge >= 0.3 is 5.97 Å². The topological polar surface area (TPSA) is 51.4 Å². The highest BCUT2D eigenvalue weighted by Crippen LogP contribution is 2.39. The summed E-state index contributed by atoms with van der Waals surface area (Å²) in [6, 6.07) is 0. The molecule has 18 heavy (non-hydrogen) atoms. The highest BCUT2D eigenvalue weighted by molar-refractivity contribution is 5.69. The zero-order valence-corrected chi connectivity index (χ0v) is 11.0. The van der Waals surface area contributed by atoms with Crippen LogP contribution in [0.4, 0.5) is 0 Å². The number of esters is 1. The van der Waals surface area contributed by atoms with Crippen molar-refractivity contribution in [1.29, 1.82) is 0 Å². The van der Waals surface area contributed by atoms with E-state index >= 15 is 0 Å². The molecule has 0 spiro atoms. The molecule has 0 aromatic carbocycles. The highest BCUT2D eigenvalue weighted by atomic mass is 16.6. The molecule has 1 aliphatic carbocycles. The molecule has 102 valence electrons. The van der Waals surface area contributed by atoms with Crippen LogP contribution in [-0.4, -0.2) is 37.0 Å². The smallest absolute Gasteiger partial charge is 0.305 e. The first kappa shape index (κ1) is 12.4. The Kier molecular flexibility index (Phi) is 3.57. The van der Waals surface area contributed by atoms with E-state index < -0.39 is 0 Å². The molecule has 0 N–H and O–H groups in total. The molecular weight excluding hydrogens is 232 g/mol. The maximum absolute atomic E-state index is 11.6. The maximum atomic E-state index is 11.6. The predicted molar refractivity (Wildman–Crippen MR) is 65.1 cm³/mol. The molecular formula is C14H22O4. The van der Waals surface area contributed by atoms with E-state index in [4.69, 9.17) is 14.2 Å². The number of hydrogen-bond acceptors (Lipinski definition) is 4. The van der Waals surface area contributed by atoms with Crippen LogP contribution in [0.2, 0.25) is 0 Å². The van der Waals surface area contributed by atoms with Crippen molar-refractivity contribution < 1.29 is 19.0 Å². The molecule has 0 aromatic rings. The average Bonchev–Trinajstić information content (AvgIpc) is 3.26. The molecule has 5 unspecified atom stereocenters. The van der Waals surface area contributed by atoms with Crippen molar-refractivity contribution in [3.8, 4) is 0 Å². The first-order chi connectivity index (χ1) is 8.76. The van der Waals surface area contributed by atoms with Crippen molar-refractivity contribution in [2.24, 2.45) is 5.92 Å². The van der Waals surface area contributed by atoms with E-state index in [1.807, 2.05) is 0 Å². The van der Waals surface area contributed by atoms with Crippen LogP contribution in [-0.2, 0) is 19.0 Å². The van der Waals surface area contributed by atoms with Gasteiger partial charge in [0.25, 0.3) is 0 Å².